The summed E-state index contributed by atoms with van der Waals surface area (Å²) in [4.78, 5) is 11.2. The third-order valence-electron chi connectivity index (χ3n) is 2.89. The van der Waals surface area contributed by atoms with Crippen molar-refractivity contribution < 1.29 is 4.79 Å². The van der Waals surface area contributed by atoms with Gasteiger partial charge in [0.25, 0.3) is 0 Å². The molecule has 0 saturated heterocycles. The molecule has 0 radical (unpaired) electrons. The molecule has 0 aliphatic rings. The van der Waals surface area contributed by atoms with Crippen LogP contribution in [0.3, 0.4) is 0 Å². The summed E-state index contributed by atoms with van der Waals surface area (Å²) in [5, 5.41) is 4.02. The van der Waals surface area contributed by atoms with Crippen molar-refractivity contribution in [2.45, 2.75) is 26.8 Å². The molecule has 0 bridgehead atoms. The summed E-state index contributed by atoms with van der Waals surface area (Å²) >= 11 is 5.83. The van der Waals surface area contributed by atoms with Gasteiger partial charge in [-0.2, -0.15) is 0 Å². The molecular weight excluding hydrogens is 236 g/mol. The molecule has 0 heterocycles. The number of rotatable bonds is 5. The van der Waals surface area contributed by atoms with Gasteiger partial charge in [0, 0.05) is 17.6 Å². The first-order valence-electron chi connectivity index (χ1n) is 5.61. The normalized spacial score (nSPS) is 13.4. The fourth-order valence-corrected chi connectivity index (χ4v) is 1.49. The van der Waals surface area contributed by atoms with E-state index in [-0.39, 0.29) is 11.9 Å². The Labute approximate surface area is 107 Å². The fourth-order valence-electron chi connectivity index (χ4n) is 1.36. The lowest BCUT2D eigenvalue weighted by atomic mass is 9.92. The third-order valence-corrected chi connectivity index (χ3v) is 3.14. The Morgan fingerprint density at radius 1 is 1.41 bits per heavy atom. The van der Waals surface area contributed by atoms with Crippen molar-refractivity contribution >= 4 is 17.5 Å². The molecule has 3 nitrogen and oxygen atoms in total. The molecule has 1 rings (SSSR count). The molecule has 0 spiro atoms. The van der Waals surface area contributed by atoms with E-state index in [0.717, 1.165) is 10.6 Å². The Hall–Kier alpha value is -1.06. The molecule has 17 heavy (non-hydrogen) atoms. The van der Waals surface area contributed by atoms with Crippen molar-refractivity contribution in [2.24, 2.45) is 11.1 Å². The van der Waals surface area contributed by atoms with Crippen molar-refractivity contribution in [3.63, 3.8) is 0 Å². The molecule has 1 atom stereocenters. The molecule has 94 valence electrons. The van der Waals surface area contributed by atoms with Gasteiger partial charge in [0.05, 0.1) is 5.41 Å². The van der Waals surface area contributed by atoms with E-state index in [2.05, 4.69) is 5.32 Å². The van der Waals surface area contributed by atoms with E-state index in [4.69, 9.17) is 17.3 Å². The molecule has 1 amide bonds. The van der Waals surface area contributed by atoms with Crippen LogP contribution in [-0.4, -0.2) is 12.5 Å². The summed E-state index contributed by atoms with van der Waals surface area (Å²) in [5.74, 6) is -0.298. The number of amides is 1. The van der Waals surface area contributed by atoms with Crippen LogP contribution in [0.25, 0.3) is 0 Å². The molecule has 0 fully saturated rings. The average molecular weight is 255 g/mol. The van der Waals surface area contributed by atoms with Crippen LogP contribution in [0, 0.1) is 5.41 Å². The van der Waals surface area contributed by atoms with Gasteiger partial charge in [0.15, 0.2) is 0 Å². The van der Waals surface area contributed by atoms with Gasteiger partial charge < -0.3 is 11.1 Å². The van der Waals surface area contributed by atoms with Gasteiger partial charge in [0.1, 0.15) is 0 Å². The van der Waals surface area contributed by atoms with E-state index in [1.807, 2.05) is 45.0 Å². The summed E-state index contributed by atoms with van der Waals surface area (Å²) < 4.78 is 0. The van der Waals surface area contributed by atoms with Crippen LogP contribution < -0.4 is 11.1 Å². The third kappa shape index (κ3) is 4.02. The highest BCUT2D eigenvalue weighted by Crippen LogP contribution is 2.18. The number of halogens is 1. The molecule has 3 N–H and O–H groups in total. The van der Waals surface area contributed by atoms with E-state index in [9.17, 15) is 4.79 Å². The van der Waals surface area contributed by atoms with E-state index in [1.54, 1.807) is 0 Å². The van der Waals surface area contributed by atoms with Crippen LogP contribution in [0.15, 0.2) is 24.3 Å². The predicted molar refractivity (Wildman–Crippen MR) is 70.8 cm³/mol. The Bertz CT molecular complexity index is 387. The second kappa shape index (κ2) is 5.52. The first-order valence-corrected chi connectivity index (χ1v) is 5.99. The fraction of sp³-hybridized carbons (Fsp3) is 0.462. The maximum Gasteiger partial charge on any atom is 0.224 e. The molecule has 0 aliphatic heterocycles. The number of nitrogens with one attached hydrogen (secondary N) is 1. The SMILES string of the molecule is CC(NCC(C)(C)C(N)=O)c1ccc(Cl)cc1. The summed E-state index contributed by atoms with van der Waals surface area (Å²) in [6.07, 6.45) is 0. The number of hydrogen-bond acceptors (Lipinski definition) is 2. The average Bonchev–Trinajstić information content (AvgIpc) is 2.27. The summed E-state index contributed by atoms with van der Waals surface area (Å²) in [5.41, 5.74) is 5.91. The van der Waals surface area contributed by atoms with Crippen LogP contribution in [0.4, 0.5) is 0 Å². The van der Waals surface area contributed by atoms with Crippen LogP contribution in [0.2, 0.25) is 5.02 Å². The smallest absolute Gasteiger partial charge is 0.224 e. The quantitative estimate of drug-likeness (QED) is 0.848. The Kier molecular flexibility index (Phi) is 4.54. The highest BCUT2D eigenvalue weighted by atomic mass is 35.5. The van der Waals surface area contributed by atoms with Gasteiger partial charge in [0.2, 0.25) is 5.91 Å². The van der Waals surface area contributed by atoms with E-state index >= 15 is 0 Å². The number of benzene rings is 1. The van der Waals surface area contributed by atoms with Gasteiger partial charge in [-0.05, 0) is 38.5 Å². The number of hydrogen-bond donors (Lipinski definition) is 2. The maximum atomic E-state index is 11.2. The number of carbonyl (C=O) groups excluding carboxylic acids is 1. The number of nitrogens with two attached hydrogens (primary N) is 1. The first-order chi connectivity index (χ1) is 7.83. The molecule has 0 aromatic heterocycles. The minimum Gasteiger partial charge on any atom is -0.369 e. The second-order valence-electron chi connectivity index (χ2n) is 4.90. The zero-order chi connectivity index (χ0) is 13.1. The topological polar surface area (TPSA) is 55.1 Å². The van der Waals surface area contributed by atoms with Crippen molar-refractivity contribution in [1.29, 1.82) is 0 Å². The number of carbonyl (C=O) groups is 1. The van der Waals surface area contributed by atoms with Gasteiger partial charge >= 0.3 is 0 Å². The van der Waals surface area contributed by atoms with Crippen LogP contribution >= 0.6 is 11.6 Å². The van der Waals surface area contributed by atoms with Crippen molar-refractivity contribution in [1.82, 2.24) is 5.32 Å². The molecular formula is C13H19ClN2O. The van der Waals surface area contributed by atoms with Crippen molar-refractivity contribution in [3.8, 4) is 0 Å². The van der Waals surface area contributed by atoms with Gasteiger partial charge in [-0.3, -0.25) is 4.79 Å². The lowest BCUT2D eigenvalue weighted by Gasteiger charge is -2.24. The Morgan fingerprint density at radius 2 is 1.94 bits per heavy atom. The van der Waals surface area contributed by atoms with Crippen LogP contribution in [0.1, 0.15) is 32.4 Å². The van der Waals surface area contributed by atoms with E-state index in [1.165, 1.54) is 0 Å². The Balaban J connectivity index is 2.58. The minimum atomic E-state index is -0.541. The lowest BCUT2D eigenvalue weighted by molar-refractivity contribution is -0.125. The highest BCUT2D eigenvalue weighted by molar-refractivity contribution is 6.30. The Morgan fingerprint density at radius 3 is 2.41 bits per heavy atom. The molecule has 0 aliphatic carbocycles. The minimum absolute atomic E-state index is 0.158. The molecule has 1 aromatic rings. The predicted octanol–water partition coefficient (Wildman–Crippen LogP) is 2.50. The standard InChI is InChI=1S/C13H19ClN2O/c1-9(10-4-6-11(14)7-5-10)16-8-13(2,3)12(15)17/h4-7,9,16H,8H2,1-3H3,(H2,15,17). The van der Waals surface area contributed by atoms with Crippen molar-refractivity contribution in [2.75, 3.05) is 6.54 Å². The van der Waals surface area contributed by atoms with E-state index in [0.29, 0.717) is 6.54 Å². The van der Waals surface area contributed by atoms with Gasteiger partial charge in [-0.25, -0.2) is 0 Å². The van der Waals surface area contributed by atoms with Crippen LogP contribution in [-0.2, 0) is 4.79 Å². The zero-order valence-electron chi connectivity index (χ0n) is 10.5. The molecule has 1 unspecified atom stereocenters. The summed E-state index contributed by atoms with van der Waals surface area (Å²) in [6.45, 7) is 6.25. The first kappa shape index (κ1) is 14.0. The molecule has 1 aromatic carbocycles. The molecule has 4 heteroatoms. The maximum absolute atomic E-state index is 11.2. The van der Waals surface area contributed by atoms with Gasteiger partial charge in [-0.15, -0.1) is 0 Å². The lowest BCUT2D eigenvalue weighted by Crippen LogP contribution is -2.41. The van der Waals surface area contributed by atoms with Gasteiger partial charge in [-0.1, -0.05) is 23.7 Å². The molecule has 0 saturated carbocycles. The summed E-state index contributed by atoms with van der Waals surface area (Å²) in [6, 6.07) is 7.81. The van der Waals surface area contributed by atoms with Crippen LogP contribution in [0.5, 0.6) is 0 Å². The van der Waals surface area contributed by atoms with Crippen molar-refractivity contribution in [3.05, 3.63) is 34.9 Å². The second-order valence-corrected chi connectivity index (χ2v) is 5.34. The monoisotopic (exact) mass is 254 g/mol. The van der Waals surface area contributed by atoms with E-state index < -0.39 is 5.41 Å². The largest absolute Gasteiger partial charge is 0.369 e. The highest BCUT2D eigenvalue weighted by Gasteiger charge is 2.25. The number of primary amides is 1. The zero-order valence-corrected chi connectivity index (χ0v) is 11.2. The summed E-state index contributed by atoms with van der Waals surface area (Å²) in [7, 11) is 0.